The minimum absolute atomic E-state index is 0.0219. The SMILES string of the molecule is CS(=O)(=O)CC(=O)NCC1=C(c2ccc(Br)cn2)C[C@@](c2ccc(OCCCC(F)(F)F)cc2)(C(F)(F)F)NC1=O. The number of halogens is 7. The van der Waals surface area contributed by atoms with Gasteiger partial charge in [0.2, 0.25) is 11.8 Å². The van der Waals surface area contributed by atoms with Crippen LogP contribution in [0.15, 0.2) is 52.6 Å². The highest BCUT2D eigenvalue weighted by Gasteiger charge is 2.59. The van der Waals surface area contributed by atoms with Gasteiger partial charge in [-0.05, 0) is 57.8 Å². The van der Waals surface area contributed by atoms with E-state index >= 15 is 0 Å². The van der Waals surface area contributed by atoms with Gasteiger partial charge in [0.25, 0.3) is 0 Å². The van der Waals surface area contributed by atoms with Crippen LogP contribution in [0.2, 0.25) is 0 Å². The van der Waals surface area contributed by atoms with E-state index in [2.05, 4.69) is 26.2 Å². The van der Waals surface area contributed by atoms with Crippen LogP contribution in [0.4, 0.5) is 26.3 Å². The molecule has 3 rings (SSSR count). The predicted molar refractivity (Wildman–Crippen MR) is 139 cm³/mol. The number of carbonyl (C=O) groups excluding carboxylic acids is 2. The van der Waals surface area contributed by atoms with Crippen molar-refractivity contribution in [1.82, 2.24) is 15.6 Å². The molecular formula is C25H24BrF6N3O5S. The Bertz CT molecular complexity index is 1410. The van der Waals surface area contributed by atoms with E-state index < -0.39 is 64.7 Å². The fourth-order valence-electron chi connectivity index (χ4n) is 4.09. The van der Waals surface area contributed by atoms with E-state index in [9.17, 15) is 44.3 Å². The normalized spacial score (nSPS) is 18.2. The van der Waals surface area contributed by atoms with Crippen molar-refractivity contribution in [2.24, 2.45) is 0 Å². The molecule has 2 N–H and O–H groups in total. The van der Waals surface area contributed by atoms with E-state index in [0.717, 1.165) is 30.5 Å². The maximum atomic E-state index is 14.8. The topological polar surface area (TPSA) is 114 Å². The Morgan fingerprint density at radius 2 is 1.78 bits per heavy atom. The Morgan fingerprint density at radius 1 is 1.12 bits per heavy atom. The number of nitrogens with zero attached hydrogens (tertiary/aromatic N) is 1. The predicted octanol–water partition coefficient (Wildman–Crippen LogP) is 4.46. The fourth-order valence-corrected chi connectivity index (χ4v) is 4.91. The van der Waals surface area contributed by atoms with Crippen molar-refractivity contribution in [2.45, 2.75) is 37.2 Å². The van der Waals surface area contributed by atoms with E-state index in [-0.39, 0.29) is 41.2 Å². The summed E-state index contributed by atoms with van der Waals surface area (Å²) in [6.45, 7) is -0.873. The summed E-state index contributed by atoms with van der Waals surface area (Å²) in [6.07, 6.45) is -9.52. The van der Waals surface area contributed by atoms with Crippen molar-refractivity contribution in [3.63, 3.8) is 0 Å². The molecule has 224 valence electrons. The number of pyridine rings is 1. The number of amides is 2. The number of alkyl halides is 6. The molecule has 2 amide bonds. The molecule has 0 saturated heterocycles. The molecule has 1 atom stereocenters. The van der Waals surface area contributed by atoms with Crippen LogP contribution in [0.5, 0.6) is 5.75 Å². The summed E-state index contributed by atoms with van der Waals surface area (Å²) < 4.78 is 110. The first-order valence-corrected chi connectivity index (χ1v) is 14.7. The number of aromatic nitrogens is 1. The Hall–Kier alpha value is -3.14. The largest absolute Gasteiger partial charge is 0.494 e. The number of benzene rings is 1. The molecule has 0 aliphatic carbocycles. The van der Waals surface area contributed by atoms with Crippen LogP contribution in [0.3, 0.4) is 0 Å². The highest BCUT2D eigenvalue weighted by atomic mass is 79.9. The molecule has 0 saturated carbocycles. The third kappa shape index (κ3) is 8.67. The van der Waals surface area contributed by atoms with Crippen LogP contribution in [-0.2, 0) is 25.0 Å². The van der Waals surface area contributed by atoms with Gasteiger partial charge in [-0.2, -0.15) is 26.3 Å². The molecule has 1 aliphatic heterocycles. The first-order chi connectivity index (χ1) is 18.9. The lowest BCUT2D eigenvalue weighted by molar-refractivity contribution is -0.201. The van der Waals surface area contributed by atoms with Gasteiger partial charge in [-0.1, -0.05) is 12.1 Å². The van der Waals surface area contributed by atoms with E-state index in [1.54, 1.807) is 0 Å². The minimum atomic E-state index is -5.04. The molecule has 1 aliphatic rings. The molecule has 1 aromatic carbocycles. The third-order valence-corrected chi connectivity index (χ3v) is 7.26. The molecule has 2 aromatic rings. The van der Waals surface area contributed by atoms with Crippen LogP contribution in [0.1, 0.15) is 30.5 Å². The maximum absolute atomic E-state index is 14.8. The number of nitrogens with one attached hydrogen (secondary N) is 2. The highest BCUT2D eigenvalue weighted by molar-refractivity contribution is 9.10. The monoisotopic (exact) mass is 671 g/mol. The summed E-state index contributed by atoms with van der Waals surface area (Å²) in [6, 6.07) is 7.31. The number of hydrogen-bond donors (Lipinski definition) is 2. The van der Waals surface area contributed by atoms with Gasteiger partial charge in [0.1, 0.15) is 11.5 Å². The Balaban J connectivity index is 1.97. The summed E-state index contributed by atoms with van der Waals surface area (Å²) in [5.74, 6) is -2.96. The second-order valence-electron chi connectivity index (χ2n) is 9.29. The first kappa shape index (κ1) is 32.4. The van der Waals surface area contributed by atoms with Crippen LogP contribution in [-0.4, -0.2) is 62.7 Å². The molecule has 8 nitrogen and oxygen atoms in total. The molecule has 2 heterocycles. The molecule has 0 fully saturated rings. The maximum Gasteiger partial charge on any atom is 0.416 e. The Morgan fingerprint density at radius 3 is 2.32 bits per heavy atom. The average Bonchev–Trinajstić information content (AvgIpc) is 2.84. The summed E-state index contributed by atoms with van der Waals surface area (Å²) in [7, 11) is -3.71. The number of rotatable bonds is 10. The molecule has 0 spiro atoms. The summed E-state index contributed by atoms with van der Waals surface area (Å²) in [4.78, 5) is 29.4. The molecule has 41 heavy (non-hydrogen) atoms. The first-order valence-electron chi connectivity index (χ1n) is 11.9. The van der Waals surface area contributed by atoms with Gasteiger partial charge in [-0.3, -0.25) is 14.6 Å². The second-order valence-corrected chi connectivity index (χ2v) is 12.3. The number of hydrogen-bond acceptors (Lipinski definition) is 6. The van der Waals surface area contributed by atoms with Gasteiger partial charge in [0, 0.05) is 41.9 Å². The summed E-state index contributed by atoms with van der Waals surface area (Å²) >= 11 is 3.18. The van der Waals surface area contributed by atoms with E-state index in [1.165, 1.54) is 18.3 Å². The summed E-state index contributed by atoms with van der Waals surface area (Å²) in [5, 5.41) is 4.27. The van der Waals surface area contributed by atoms with Crippen molar-refractivity contribution in [1.29, 1.82) is 0 Å². The van der Waals surface area contributed by atoms with E-state index in [4.69, 9.17) is 4.74 Å². The van der Waals surface area contributed by atoms with Crippen LogP contribution < -0.4 is 15.4 Å². The van der Waals surface area contributed by atoms with E-state index in [1.807, 2.05) is 5.32 Å². The van der Waals surface area contributed by atoms with Gasteiger partial charge in [-0.15, -0.1) is 0 Å². The highest BCUT2D eigenvalue weighted by Crippen LogP contribution is 2.48. The zero-order valence-corrected chi connectivity index (χ0v) is 23.7. The Labute approximate surface area is 239 Å². The average molecular weight is 672 g/mol. The molecular weight excluding hydrogens is 648 g/mol. The third-order valence-electron chi connectivity index (χ3n) is 6.00. The molecule has 1 aromatic heterocycles. The minimum Gasteiger partial charge on any atom is -0.494 e. The van der Waals surface area contributed by atoms with Crippen molar-refractivity contribution in [2.75, 3.05) is 25.2 Å². The van der Waals surface area contributed by atoms with Crippen molar-refractivity contribution in [3.8, 4) is 5.75 Å². The van der Waals surface area contributed by atoms with Crippen molar-refractivity contribution >= 4 is 43.2 Å². The number of sulfone groups is 1. The quantitative estimate of drug-likeness (QED) is 0.285. The molecule has 0 bridgehead atoms. The summed E-state index contributed by atoms with van der Waals surface area (Å²) in [5.41, 5.74) is -3.68. The molecule has 0 unspecified atom stereocenters. The lowest BCUT2D eigenvalue weighted by Gasteiger charge is -2.41. The van der Waals surface area contributed by atoms with Gasteiger partial charge in [0.05, 0.1) is 12.3 Å². The molecule has 0 radical (unpaired) electrons. The fraction of sp³-hybridized carbons (Fsp3) is 0.400. The number of carbonyl (C=O) groups is 2. The van der Waals surface area contributed by atoms with Crippen LogP contribution >= 0.6 is 15.9 Å². The van der Waals surface area contributed by atoms with Gasteiger partial charge >= 0.3 is 12.4 Å². The van der Waals surface area contributed by atoms with Gasteiger partial charge in [0.15, 0.2) is 15.4 Å². The lowest BCUT2D eigenvalue weighted by Crippen LogP contribution is -2.59. The van der Waals surface area contributed by atoms with Crippen LogP contribution in [0.25, 0.3) is 5.57 Å². The molecule has 16 heteroatoms. The van der Waals surface area contributed by atoms with Crippen molar-refractivity contribution in [3.05, 3.63) is 63.9 Å². The lowest BCUT2D eigenvalue weighted by atomic mass is 9.77. The zero-order chi connectivity index (χ0) is 30.6. The van der Waals surface area contributed by atoms with Gasteiger partial charge in [-0.25, -0.2) is 8.42 Å². The van der Waals surface area contributed by atoms with E-state index in [0.29, 0.717) is 4.47 Å². The standard InChI is InChI=1S/C25H24BrF6N3O5S/c1-41(38,39)14-21(36)34-13-19-18(20-8-5-16(26)12-33-20)11-23(25(30,31)32,35-22(19)37)15-3-6-17(7-4-15)40-10-2-9-24(27,28)29/h3-8,12H,2,9-11,13-14H2,1H3,(H,34,36)(H,35,37)/t23-/m1/s1. The smallest absolute Gasteiger partial charge is 0.416 e. The zero-order valence-electron chi connectivity index (χ0n) is 21.3. The van der Waals surface area contributed by atoms with Crippen LogP contribution in [0, 0.1) is 0 Å². The number of ether oxygens (including phenoxy) is 1. The second kappa shape index (κ2) is 12.4. The van der Waals surface area contributed by atoms with Crippen molar-refractivity contribution < 1.29 is 49.1 Å². The Kier molecular flexibility index (Phi) is 9.78. The van der Waals surface area contributed by atoms with Gasteiger partial charge < -0.3 is 15.4 Å².